The molecule has 0 spiro atoms. The van der Waals surface area contributed by atoms with Gasteiger partial charge in [0, 0.05) is 35.8 Å². The third kappa shape index (κ3) is 5.33. The number of carbonyl (C=O) groups is 3. The third-order valence-electron chi connectivity index (χ3n) is 6.53. The number of benzene rings is 1. The number of carboxylic acids is 1. The second-order valence-electron chi connectivity index (χ2n) is 8.81. The van der Waals surface area contributed by atoms with Crippen molar-refractivity contribution < 1.29 is 19.5 Å². The van der Waals surface area contributed by atoms with E-state index in [9.17, 15) is 19.5 Å². The lowest BCUT2D eigenvalue weighted by molar-refractivity contribution is -0.144. The van der Waals surface area contributed by atoms with Crippen LogP contribution in [0.15, 0.2) is 48.7 Å². The number of nitrogens with zero attached hydrogens (tertiary/aromatic N) is 1. The summed E-state index contributed by atoms with van der Waals surface area (Å²) in [5, 5.41) is 15.3. The van der Waals surface area contributed by atoms with Crippen molar-refractivity contribution in [1.29, 1.82) is 0 Å². The topological polar surface area (TPSA) is 108 Å². The Balaban J connectivity index is 1.34. The zero-order chi connectivity index (χ0) is 22.5. The minimum Gasteiger partial charge on any atom is -0.480 e. The molecule has 1 unspecified atom stereocenters. The Morgan fingerprint density at radius 3 is 2.53 bits per heavy atom. The summed E-state index contributed by atoms with van der Waals surface area (Å²) in [5.74, 6) is -1.76. The van der Waals surface area contributed by atoms with E-state index in [4.69, 9.17) is 0 Å². The number of aromatic nitrogens is 1. The zero-order valence-corrected chi connectivity index (χ0v) is 18.0. The summed E-state index contributed by atoms with van der Waals surface area (Å²) < 4.78 is 0. The van der Waals surface area contributed by atoms with Gasteiger partial charge in [0.15, 0.2) is 0 Å². The number of amides is 2. The molecular weight excluding hydrogens is 406 g/mol. The van der Waals surface area contributed by atoms with E-state index in [2.05, 4.69) is 15.6 Å². The van der Waals surface area contributed by atoms with Crippen LogP contribution in [0, 0.1) is 11.8 Å². The molecule has 7 heteroatoms. The molecule has 1 aromatic heterocycles. The second-order valence-corrected chi connectivity index (χ2v) is 8.81. The van der Waals surface area contributed by atoms with E-state index in [1.165, 1.54) is 0 Å². The molecule has 2 saturated carbocycles. The Kier molecular flexibility index (Phi) is 6.83. The third-order valence-corrected chi connectivity index (χ3v) is 6.53. The lowest BCUT2D eigenvalue weighted by Gasteiger charge is -2.28. The minimum absolute atomic E-state index is 0.00263. The quantitative estimate of drug-likeness (QED) is 0.590. The fourth-order valence-electron chi connectivity index (χ4n) is 4.59. The SMILES string of the molecule is O=C(NCc1ccccc1)c1ccnc([C@@H]2CC2C(=O)N[C@H](C(=O)O)C2CCCCC2)c1. The molecular formula is C25H29N3O4. The average molecular weight is 436 g/mol. The van der Waals surface area contributed by atoms with E-state index in [1.54, 1.807) is 18.3 Å². The summed E-state index contributed by atoms with van der Waals surface area (Å²) in [4.78, 5) is 41.4. The number of rotatable bonds is 8. The van der Waals surface area contributed by atoms with E-state index < -0.39 is 12.0 Å². The van der Waals surface area contributed by atoms with Gasteiger partial charge in [0.05, 0.1) is 0 Å². The lowest BCUT2D eigenvalue weighted by Crippen LogP contribution is -2.47. The largest absolute Gasteiger partial charge is 0.480 e. The van der Waals surface area contributed by atoms with Crippen molar-refractivity contribution in [3.05, 3.63) is 65.5 Å². The van der Waals surface area contributed by atoms with Crippen LogP contribution in [-0.4, -0.2) is 33.9 Å². The van der Waals surface area contributed by atoms with Gasteiger partial charge in [-0.2, -0.15) is 0 Å². The second kappa shape index (κ2) is 9.94. The number of carbonyl (C=O) groups excluding carboxylic acids is 2. The minimum atomic E-state index is -0.961. The normalized spacial score (nSPS) is 21.4. The van der Waals surface area contributed by atoms with Crippen LogP contribution in [0.3, 0.4) is 0 Å². The number of hydrogen-bond acceptors (Lipinski definition) is 4. The Labute approximate surface area is 187 Å². The van der Waals surface area contributed by atoms with Gasteiger partial charge < -0.3 is 15.7 Å². The van der Waals surface area contributed by atoms with Gasteiger partial charge in [-0.25, -0.2) is 4.79 Å². The Hall–Kier alpha value is -3.22. The van der Waals surface area contributed by atoms with E-state index in [1.807, 2.05) is 30.3 Å². The van der Waals surface area contributed by atoms with Gasteiger partial charge in [0.2, 0.25) is 5.91 Å². The van der Waals surface area contributed by atoms with Crippen molar-refractivity contribution in [2.45, 2.75) is 57.0 Å². The first-order chi connectivity index (χ1) is 15.5. The Bertz CT molecular complexity index is 972. The number of hydrogen-bond donors (Lipinski definition) is 3. The molecule has 1 heterocycles. The molecule has 0 saturated heterocycles. The van der Waals surface area contributed by atoms with Crippen LogP contribution in [0.4, 0.5) is 0 Å². The Morgan fingerprint density at radius 2 is 1.81 bits per heavy atom. The maximum absolute atomic E-state index is 12.7. The molecule has 0 aliphatic heterocycles. The van der Waals surface area contributed by atoms with Gasteiger partial charge in [-0.3, -0.25) is 14.6 Å². The van der Waals surface area contributed by atoms with Gasteiger partial charge >= 0.3 is 5.97 Å². The summed E-state index contributed by atoms with van der Waals surface area (Å²) in [7, 11) is 0. The number of aliphatic carboxylic acids is 1. The standard InChI is InChI=1S/C25H29N3O4/c29-23(27-15-16-7-3-1-4-8-16)18-11-12-26-21(13-18)19-14-20(19)24(30)28-22(25(31)32)17-9-5-2-6-10-17/h1,3-4,7-8,11-13,17,19-20,22H,2,5-6,9-10,14-15H2,(H,27,29)(H,28,30)(H,31,32)/t19-,20?,22+/m1/s1. The number of pyridine rings is 1. The highest BCUT2D eigenvalue weighted by Crippen LogP contribution is 2.47. The predicted octanol–water partition coefficient (Wildman–Crippen LogP) is 3.26. The van der Waals surface area contributed by atoms with E-state index in [-0.39, 0.29) is 29.6 Å². The van der Waals surface area contributed by atoms with E-state index >= 15 is 0 Å². The summed E-state index contributed by atoms with van der Waals surface area (Å²) in [6, 6.07) is 12.2. The highest BCUT2D eigenvalue weighted by Gasteiger charge is 2.46. The first-order valence-corrected chi connectivity index (χ1v) is 11.3. The molecule has 0 bridgehead atoms. The van der Waals surface area contributed by atoms with Gasteiger partial charge in [-0.15, -0.1) is 0 Å². The highest BCUT2D eigenvalue weighted by molar-refractivity contribution is 5.94. The van der Waals surface area contributed by atoms with Crippen LogP contribution in [0.5, 0.6) is 0 Å². The average Bonchev–Trinajstić information content (AvgIpc) is 3.63. The molecule has 2 fully saturated rings. The summed E-state index contributed by atoms with van der Waals surface area (Å²) in [6.07, 6.45) is 7.04. The molecule has 2 aliphatic rings. The smallest absolute Gasteiger partial charge is 0.326 e. The molecule has 2 amide bonds. The van der Waals surface area contributed by atoms with Crippen molar-refractivity contribution in [3.8, 4) is 0 Å². The maximum atomic E-state index is 12.7. The molecule has 1 aromatic carbocycles. The van der Waals surface area contributed by atoms with E-state index in [0.29, 0.717) is 24.2 Å². The molecule has 2 aromatic rings. The highest BCUT2D eigenvalue weighted by atomic mass is 16.4. The summed E-state index contributed by atoms with van der Waals surface area (Å²) in [5.41, 5.74) is 2.21. The molecule has 3 N–H and O–H groups in total. The van der Waals surface area contributed by atoms with Crippen molar-refractivity contribution in [3.63, 3.8) is 0 Å². The first kappa shape index (κ1) is 22.0. The van der Waals surface area contributed by atoms with Crippen LogP contribution in [0.1, 0.15) is 66.1 Å². The maximum Gasteiger partial charge on any atom is 0.326 e. The van der Waals surface area contributed by atoms with Crippen LogP contribution < -0.4 is 10.6 Å². The van der Waals surface area contributed by atoms with Crippen molar-refractivity contribution >= 4 is 17.8 Å². The zero-order valence-electron chi connectivity index (χ0n) is 18.0. The van der Waals surface area contributed by atoms with Gasteiger partial charge in [0.25, 0.3) is 5.91 Å². The molecule has 168 valence electrons. The Morgan fingerprint density at radius 1 is 1.06 bits per heavy atom. The molecule has 3 atom stereocenters. The summed E-state index contributed by atoms with van der Waals surface area (Å²) >= 11 is 0. The van der Waals surface area contributed by atoms with Crippen LogP contribution >= 0.6 is 0 Å². The molecule has 32 heavy (non-hydrogen) atoms. The van der Waals surface area contributed by atoms with Gasteiger partial charge in [-0.05, 0) is 42.9 Å². The van der Waals surface area contributed by atoms with Crippen LogP contribution in [0.2, 0.25) is 0 Å². The fraction of sp³-hybridized carbons (Fsp3) is 0.440. The monoisotopic (exact) mass is 435 g/mol. The van der Waals surface area contributed by atoms with Crippen molar-refractivity contribution in [2.24, 2.45) is 11.8 Å². The number of nitrogens with one attached hydrogen (secondary N) is 2. The van der Waals surface area contributed by atoms with Gasteiger partial charge in [-0.1, -0.05) is 49.6 Å². The predicted molar refractivity (Wildman–Crippen MR) is 119 cm³/mol. The van der Waals surface area contributed by atoms with E-state index in [0.717, 1.165) is 37.7 Å². The molecule has 7 nitrogen and oxygen atoms in total. The molecule has 4 rings (SSSR count). The van der Waals surface area contributed by atoms with Crippen molar-refractivity contribution in [1.82, 2.24) is 15.6 Å². The van der Waals surface area contributed by atoms with Crippen molar-refractivity contribution in [2.75, 3.05) is 0 Å². The van der Waals surface area contributed by atoms with Crippen LogP contribution in [0.25, 0.3) is 0 Å². The number of carboxylic acid groups (broad SMARTS) is 1. The summed E-state index contributed by atoms with van der Waals surface area (Å²) in [6.45, 7) is 0.434. The fourth-order valence-corrected chi connectivity index (χ4v) is 4.59. The van der Waals surface area contributed by atoms with Crippen LogP contribution in [-0.2, 0) is 16.1 Å². The first-order valence-electron chi connectivity index (χ1n) is 11.3. The molecule has 0 radical (unpaired) electrons. The van der Waals surface area contributed by atoms with Gasteiger partial charge in [0.1, 0.15) is 6.04 Å². The molecule has 2 aliphatic carbocycles. The lowest BCUT2D eigenvalue weighted by atomic mass is 9.84.